The Morgan fingerprint density at radius 2 is 1.81 bits per heavy atom. The summed E-state index contributed by atoms with van der Waals surface area (Å²) in [6.07, 6.45) is 20.6. The molecule has 0 heterocycles. The maximum Gasteiger partial charge on any atom is 0.00146 e. The fraction of sp³-hybridized carbons (Fsp3) is 0.742. The van der Waals surface area contributed by atoms with Crippen molar-refractivity contribution in [1.82, 2.24) is 0 Å². The van der Waals surface area contributed by atoms with E-state index in [2.05, 4.69) is 72.1 Å². The minimum Gasteiger partial charge on any atom is -0.102 e. The minimum absolute atomic E-state index is 0.492. The Hall–Kier alpha value is -1.04. The normalized spacial score (nSPS) is 38.1. The Bertz CT molecular complexity index is 647. The van der Waals surface area contributed by atoms with Gasteiger partial charge in [-0.2, -0.15) is 0 Å². The lowest BCUT2D eigenvalue weighted by Crippen LogP contribution is -2.38. The quantitative estimate of drug-likeness (QED) is 0.372. The van der Waals surface area contributed by atoms with Crippen LogP contribution in [0.25, 0.3) is 0 Å². The Balaban J connectivity index is 0.00000166. The average Bonchev–Trinajstić information content (AvgIpc) is 3.11. The molecule has 0 amide bonds. The third-order valence-corrected chi connectivity index (χ3v) is 8.81. The first-order chi connectivity index (χ1) is 14.8. The molecule has 0 saturated heterocycles. The van der Waals surface area contributed by atoms with Gasteiger partial charge >= 0.3 is 0 Å². The van der Waals surface area contributed by atoms with Crippen LogP contribution in [0.2, 0.25) is 0 Å². The smallest absolute Gasteiger partial charge is 0.00146 e. The molecule has 3 aliphatic carbocycles. The molecule has 0 N–H and O–H groups in total. The van der Waals surface area contributed by atoms with Gasteiger partial charge in [-0.1, -0.05) is 85.8 Å². The van der Waals surface area contributed by atoms with Crippen LogP contribution in [0.3, 0.4) is 0 Å². The third kappa shape index (κ3) is 6.06. The van der Waals surface area contributed by atoms with E-state index in [4.69, 9.17) is 0 Å². The van der Waals surface area contributed by atoms with Gasteiger partial charge in [-0.3, -0.25) is 0 Å². The van der Waals surface area contributed by atoms with E-state index in [1.807, 2.05) is 13.8 Å². The first kappa shape index (κ1) is 26.2. The van der Waals surface area contributed by atoms with E-state index in [0.717, 1.165) is 29.6 Å². The maximum absolute atomic E-state index is 4.45. The van der Waals surface area contributed by atoms with Crippen molar-refractivity contribution >= 4 is 0 Å². The van der Waals surface area contributed by atoms with E-state index >= 15 is 0 Å². The molecule has 0 nitrogen and oxygen atoms in total. The third-order valence-electron chi connectivity index (χ3n) is 8.81. The van der Waals surface area contributed by atoms with E-state index in [9.17, 15) is 0 Å². The van der Waals surface area contributed by atoms with Crippen LogP contribution in [0.4, 0.5) is 0 Å². The number of hydrogen-bond donors (Lipinski definition) is 0. The second kappa shape index (κ2) is 11.7. The van der Waals surface area contributed by atoms with Crippen molar-refractivity contribution in [1.29, 1.82) is 0 Å². The monoisotopic (exact) mass is 424 g/mol. The van der Waals surface area contributed by atoms with Crippen LogP contribution in [0, 0.1) is 46.8 Å². The Kier molecular flexibility index (Phi) is 9.91. The van der Waals surface area contributed by atoms with Crippen molar-refractivity contribution in [2.24, 2.45) is 46.8 Å². The molecular weight excluding hydrogens is 372 g/mol. The molecule has 0 bridgehead atoms. The van der Waals surface area contributed by atoms with Crippen LogP contribution in [-0.4, -0.2) is 0 Å². The second-order valence-corrected chi connectivity index (χ2v) is 11.3. The van der Waals surface area contributed by atoms with Crippen molar-refractivity contribution in [3.8, 4) is 0 Å². The van der Waals surface area contributed by atoms with E-state index in [-0.39, 0.29) is 0 Å². The molecule has 31 heavy (non-hydrogen) atoms. The van der Waals surface area contributed by atoms with E-state index < -0.39 is 0 Å². The molecule has 0 aromatic carbocycles. The molecule has 176 valence electrons. The van der Waals surface area contributed by atoms with Crippen molar-refractivity contribution in [2.75, 3.05) is 0 Å². The second-order valence-electron chi connectivity index (χ2n) is 11.3. The molecule has 3 saturated carbocycles. The highest BCUT2D eigenvalue weighted by Gasteiger charge is 2.51. The largest absolute Gasteiger partial charge is 0.102 e. The van der Waals surface area contributed by atoms with Crippen LogP contribution in [0.5, 0.6) is 0 Å². The molecule has 0 aliphatic heterocycles. The number of allylic oxidation sites excluding steroid dienone is 6. The van der Waals surface area contributed by atoms with Gasteiger partial charge < -0.3 is 0 Å². The van der Waals surface area contributed by atoms with Gasteiger partial charge in [-0.25, -0.2) is 0 Å². The van der Waals surface area contributed by atoms with E-state index in [1.165, 1.54) is 56.9 Å². The summed E-state index contributed by atoms with van der Waals surface area (Å²) in [5, 5.41) is 0. The van der Waals surface area contributed by atoms with Crippen LogP contribution < -0.4 is 0 Å². The fourth-order valence-electron chi connectivity index (χ4n) is 7.21. The molecule has 7 unspecified atom stereocenters. The van der Waals surface area contributed by atoms with E-state index in [1.54, 1.807) is 5.57 Å². The summed E-state index contributed by atoms with van der Waals surface area (Å²) in [4.78, 5) is 0. The lowest BCUT2D eigenvalue weighted by molar-refractivity contribution is 0.0393. The molecule has 7 atom stereocenters. The van der Waals surface area contributed by atoms with Gasteiger partial charge in [-0.15, -0.1) is 6.58 Å². The Labute approximate surface area is 195 Å². The van der Waals surface area contributed by atoms with Crippen LogP contribution in [0.1, 0.15) is 99.8 Å². The van der Waals surface area contributed by atoms with Gasteiger partial charge in [0.15, 0.2) is 0 Å². The molecule has 0 heteroatoms. The minimum atomic E-state index is 0.492. The highest BCUT2D eigenvalue weighted by atomic mass is 14.6. The molecule has 0 spiro atoms. The standard InChI is InChI=1S/C29H46.C2H6/c1-8-24-18-21(4)19-26(23(24)6)14-13-25-10-9-17-29(7)27(15-16-28(25)29)22(5)12-11-20(2)3;1-2/h8,11-12,14,20-22,24-25,27-28H,1,6,9-10,13,15-19H2,2-5,7H3;1-2H3/b12-11+,26-14+;. The van der Waals surface area contributed by atoms with Crippen molar-refractivity contribution in [2.45, 2.75) is 99.8 Å². The highest BCUT2D eigenvalue weighted by molar-refractivity contribution is 5.35. The zero-order chi connectivity index (χ0) is 23.2. The predicted molar refractivity (Wildman–Crippen MR) is 140 cm³/mol. The van der Waals surface area contributed by atoms with Crippen molar-refractivity contribution < 1.29 is 0 Å². The molecule has 0 aromatic heterocycles. The molecular formula is C31H52. The molecule has 0 aromatic rings. The van der Waals surface area contributed by atoms with Crippen molar-refractivity contribution in [3.63, 3.8) is 0 Å². The predicted octanol–water partition coefficient (Wildman–Crippen LogP) is 9.80. The number of rotatable bonds is 6. The Morgan fingerprint density at radius 3 is 2.45 bits per heavy atom. The highest BCUT2D eigenvalue weighted by Crippen LogP contribution is 2.60. The molecule has 3 aliphatic rings. The lowest BCUT2D eigenvalue weighted by atomic mass is 9.58. The van der Waals surface area contributed by atoms with Crippen LogP contribution in [-0.2, 0) is 0 Å². The first-order valence-electron chi connectivity index (χ1n) is 13.4. The van der Waals surface area contributed by atoms with Gasteiger partial charge in [0.05, 0.1) is 0 Å². The summed E-state index contributed by atoms with van der Waals surface area (Å²) in [6, 6.07) is 0. The average molecular weight is 425 g/mol. The first-order valence-corrected chi connectivity index (χ1v) is 13.4. The summed E-state index contributed by atoms with van der Waals surface area (Å²) >= 11 is 0. The van der Waals surface area contributed by atoms with Gasteiger partial charge in [0.1, 0.15) is 0 Å². The summed E-state index contributed by atoms with van der Waals surface area (Å²) < 4.78 is 0. The fourth-order valence-corrected chi connectivity index (χ4v) is 7.21. The molecule has 0 radical (unpaired) electrons. The summed E-state index contributed by atoms with van der Waals surface area (Å²) in [5.41, 5.74) is 3.44. The molecule has 3 rings (SSSR count). The summed E-state index contributed by atoms with van der Waals surface area (Å²) in [7, 11) is 0. The number of hydrogen-bond acceptors (Lipinski definition) is 0. The van der Waals surface area contributed by atoms with Crippen LogP contribution >= 0.6 is 0 Å². The van der Waals surface area contributed by atoms with E-state index in [0.29, 0.717) is 17.3 Å². The summed E-state index contributed by atoms with van der Waals surface area (Å²) in [6.45, 7) is 24.6. The lowest BCUT2D eigenvalue weighted by Gasteiger charge is -2.46. The van der Waals surface area contributed by atoms with Crippen molar-refractivity contribution in [3.05, 3.63) is 48.6 Å². The zero-order valence-electron chi connectivity index (χ0n) is 21.9. The van der Waals surface area contributed by atoms with Gasteiger partial charge in [0.2, 0.25) is 0 Å². The number of fused-ring (bicyclic) bond motifs is 1. The Morgan fingerprint density at radius 1 is 1.10 bits per heavy atom. The SMILES string of the molecule is C=CC1CC(C)C/C(=C\CC2CCCC3(C)C(C(C)/C=C/C(C)C)CCC23)C1=C.CC. The zero-order valence-corrected chi connectivity index (χ0v) is 21.9. The van der Waals surface area contributed by atoms with Crippen LogP contribution in [0.15, 0.2) is 48.6 Å². The van der Waals surface area contributed by atoms with Gasteiger partial charge in [0, 0.05) is 5.92 Å². The maximum atomic E-state index is 4.45. The summed E-state index contributed by atoms with van der Waals surface area (Å²) in [5.74, 6) is 5.29. The molecule has 3 fully saturated rings. The van der Waals surface area contributed by atoms with Gasteiger partial charge in [0.25, 0.3) is 0 Å². The topological polar surface area (TPSA) is 0 Å². The van der Waals surface area contributed by atoms with Gasteiger partial charge in [-0.05, 0) is 97.0 Å².